The molecule has 28 heavy (non-hydrogen) atoms. The number of benzene rings is 2. The fraction of sp³-hybridized carbons (Fsp3) is 0.481. The summed E-state index contributed by atoms with van der Waals surface area (Å²) in [5.74, 6) is 1.48. The first-order chi connectivity index (χ1) is 13.8. The van der Waals surface area contributed by atoms with Gasteiger partial charge in [-0.15, -0.1) is 0 Å². The maximum atomic E-state index is 12.1. The van der Waals surface area contributed by atoms with Crippen molar-refractivity contribution in [2.45, 2.75) is 77.0 Å². The summed E-state index contributed by atoms with van der Waals surface area (Å²) in [5, 5.41) is 0. The molecule has 0 spiro atoms. The molecule has 0 radical (unpaired) electrons. The van der Waals surface area contributed by atoms with Gasteiger partial charge in [-0.3, -0.25) is 0 Å². The van der Waals surface area contributed by atoms with E-state index in [0.29, 0.717) is 12.2 Å². The highest BCUT2D eigenvalue weighted by Gasteiger charge is 2.21. The van der Waals surface area contributed by atoms with Gasteiger partial charge in [0.2, 0.25) is 0 Å². The zero-order valence-electron chi connectivity index (χ0n) is 17.4. The third kappa shape index (κ3) is 6.06. The summed E-state index contributed by atoms with van der Waals surface area (Å²) in [7, 11) is 0. The van der Waals surface area contributed by atoms with E-state index in [1.165, 1.54) is 73.6 Å². The van der Waals surface area contributed by atoms with E-state index in [1.807, 2.05) is 0 Å². The zero-order chi connectivity index (χ0) is 19.6. The minimum absolute atomic E-state index is 0.688. The maximum absolute atomic E-state index is 12.1. The molecule has 1 saturated carbocycles. The summed E-state index contributed by atoms with van der Waals surface area (Å²) in [6, 6.07) is 18.4. The standard InChI is InChI=1S/C27H35F/c1-2-3-4-7-22-9-13-24(14-10-22)26-17-19-27(20-18-26)25-15-11-23(12-16-25)8-5-6-21-28/h6,9-10,13-14,17-21,23,25H,2-5,7-8,11-12,15-16H2,1H3. The molecule has 2 aromatic rings. The Morgan fingerprint density at radius 3 is 2.11 bits per heavy atom. The Kier molecular flexibility index (Phi) is 8.33. The number of aryl methyl sites for hydroxylation is 1. The van der Waals surface area contributed by atoms with Gasteiger partial charge in [-0.05, 0) is 85.5 Å². The number of halogens is 1. The van der Waals surface area contributed by atoms with E-state index in [1.54, 1.807) is 6.08 Å². The van der Waals surface area contributed by atoms with Gasteiger partial charge in [0.1, 0.15) is 0 Å². The second kappa shape index (κ2) is 11.2. The van der Waals surface area contributed by atoms with Crippen LogP contribution in [0.25, 0.3) is 11.1 Å². The van der Waals surface area contributed by atoms with Crippen molar-refractivity contribution in [3.05, 3.63) is 72.1 Å². The van der Waals surface area contributed by atoms with E-state index in [-0.39, 0.29) is 0 Å². The van der Waals surface area contributed by atoms with E-state index in [4.69, 9.17) is 0 Å². The SMILES string of the molecule is CCCCCc1ccc(-c2ccc(C3CCC(CCC=CF)CC3)cc2)cc1. The summed E-state index contributed by atoms with van der Waals surface area (Å²) in [6.07, 6.45) is 14.6. The molecule has 0 heterocycles. The maximum Gasteiger partial charge on any atom is 0.0827 e. The van der Waals surface area contributed by atoms with Crippen molar-refractivity contribution >= 4 is 0 Å². The average molecular weight is 379 g/mol. The van der Waals surface area contributed by atoms with Crippen molar-refractivity contribution in [2.24, 2.45) is 5.92 Å². The van der Waals surface area contributed by atoms with E-state index in [9.17, 15) is 4.39 Å². The molecule has 1 aliphatic rings. The smallest absolute Gasteiger partial charge is 0.0827 e. The van der Waals surface area contributed by atoms with Gasteiger partial charge in [-0.25, -0.2) is 4.39 Å². The largest absolute Gasteiger partial charge is 0.216 e. The number of unbranched alkanes of at least 4 members (excludes halogenated alkanes) is 2. The first kappa shape index (κ1) is 20.8. The van der Waals surface area contributed by atoms with Crippen LogP contribution in [0.15, 0.2) is 60.9 Å². The van der Waals surface area contributed by atoms with Crippen molar-refractivity contribution < 1.29 is 4.39 Å². The highest BCUT2D eigenvalue weighted by molar-refractivity contribution is 5.64. The normalized spacial score (nSPS) is 19.9. The molecule has 0 N–H and O–H groups in total. The topological polar surface area (TPSA) is 0 Å². The molecular weight excluding hydrogens is 343 g/mol. The van der Waals surface area contributed by atoms with Crippen LogP contribution in [0.4, 0.5) is 4.39 Å². The van der Waals surface area contributed by atoms with Crippen molar-refractivity contribution in [1.29, 1.82) is 0 Å². The predicted molar refractivity (Wildman–Crippen MR) is 119 cm³/mol. The Hall–Kier alpha value is -1.89. The summed E-state index contributed by atoms with van der Waals surface area (Å²) in [5.41, 5.74) is 5.57. The molecule has 0 amide bonds. The Labute approximate surface area is 170 Å². The van der Waals surface area contributed by atoms with Crippen molar-refractivity contribution in [3.8, 4) is 11.1 Å². The van der Waals surface area contributed by atoms with Crippen LogP contribution in [0, 0.1) is 5.92 Å². The fourth-order valence-electron chi connectivity index (χ4n) is 4.57. The third-order valence-corrected chi connectivity index (χ3v) is 6.42. The Morgan fingerprint density at radius 1 is 0.857 bits per heavy atom. The molecule has 3 rings (SSSR count). The van der Waals surface area contributed by atoms with Crippen molar-refractivity contribution in [3.63, 3.8) is 0 Å². The molecule has 0 aromatic heterocycles. The van der Waals surface area contributed by atoms with Gasteiger partial charge >= 0.3 is 0 Å². The van der Waals surface area contributed by atoms with Crippen LogP contribution >= 0.6 is 0 Å². The molecule has 0 saturated heterocycles. The fourth-order valence-corrected chi connectivity index (χ4v) is 4.57. The van der Waals surface area contributed by atoms with Crippen molar-refractivity contribution in [1.82, 2.24) is 0 Å². The summed E-state index contributed by atoms with van der Waals surface area (Å²) >= 11 is 0. The van der Waals surface area contributed by atoms with E-state index < -0.39 is 0 Å². The number of hydrogen-bond donors (Lipinski definition) is 0. The lowest BCUT2D eigenvalue weighted by Crippen LogP contribution is -2.13. The lowest BCUT2D eigenvalue weighted by atomic mass is 9.77. The Balaban J connectivity index is 1.52. The van der Waals surface area contributed by atoms with Gasteiger partial charge in [0, 0.05) is 0 Å². The highest BCUT2D eigenvalue weighted by Crippen LogP contribution is 2.38. The second-order valence-electron chi connectivity index (χ2n) is 8.43. The van der Waals surface area contributed by atoms with Gasteiger partial charge in [-0.2, -0.15) is 0 Å². The number of rotatable bonds is 9. The molecule has 2 aromatic carbocycles. The molecule has 150 valence electrons. The molecule has 1 fully saturated rings. The van der Waals surface area contributed by atoms with E-state index >= 15 is 0 Å². The van der Waals surface area contributed by atoms with E-state index in [0.717, 1.165) is 18.8 Å². The van der Waals surface area contributed by atoms with E-state index in [2.05, 4.69) is 55.5 Å². The summed E-state index contributed by atoms with van der Waals surface area (Å²) in [4.78, 5) is 0. The Bertz CT molecular complexity index is 703. The lowest BCUT2D eigenvalue weighted by molar-refractivity contribution is 0.311. The van der Waals surface area contributed by atoms with Crippen LogP contribution in [0.1, 0.15) is 81.8 Å². The molecule has 0 aliphatic heterocycles. The van der Waals surface area contributed by atoms with Crippen LogP contribution in [-0.2, 0) is 6.42 Å². The van der Waals surface area contributed by atoms with Gasteiger partial charge in [0.15, 0.2) is 0 Å². The molecule has 1 aliphatic carbocycles. The number of allylic oxidation sites excluding steroid dienone is 1. The minimum Gasteiger partial charge on any atom is -0.216 e. The summed E-state index contributed by atoms with van der Waals surface area (Å²) < 4.78 is 12.1. The van der Waals surface area contributed by atoms with Crippen LogP contribution in [-0.4, -0.2) is 0 Å². The minimum atomic E-state index is 0.688. The van der Waals surface area contributed by atoms with Crippen LogP contribution < -0.4 is 0 Å². The zero-order valence-corrected chi connectivity index (χ0v) is 17.4. The lowest BCUT2D eigenvalue weighted by Gasteiger charge is -2.28. The molecule has 0 nitrogen and oxygen atoms in total. The van der Waals surface area contributed by atoms with Crippen LogP contribution in [0.3, 0.4) is 0 Å². The second-order valence-corrected chi connectivity index (χ2v) is 8.43. The van der Waals surface area contributed by atoms with Gasteiger partial charge in [0.05, 0.1) is 6.33 Å². The monoisotopic (exact) mass is 378 g/mol. The molecular formula is C27H35F. The summed E-state index contributed by atoms with van der Waals surface area (Å²) in [6.45, 7) is 2.26. The van der Waals surface area contributed by atoms with Crippen LogP contribution in [0.5, 0.6) is 0 Å². The van der Waals surface area contributed by atoms with Crippen molar-refractivity contribution in [2.75, 3.05) is 0 Å². The van der Waals surface area contributed by atoms with Crippen LogP contribution in [0.2, 0.25) is 0 Å². The first-order valence-electron chi connectivity index (χ1n) is 11.2. The third-order valence-electron chi connectivity index (χ3n) is 6.42. The highest BCUT2D eigenvalue weighted by atomic mass is 19.1. The van der Waals surface area contributed by atoms with Gasteiger partial charge < -0.3 is 0 Å². The molecule has 0 unspecified atom stereocenters. The number of hydrogen-bond acceptors (Lipinski definition) is 0. The van der Waals surface area contributed by atoms with Gasteiger partial charge in [0.25, 0.3) is 0 Å². The molecule has 1 heteroatoms. The predicted octanol–water partition coefficient (Wildman–Crippen LogP) is 8.62. The van der Waals surface area contributed by atoms with Gasteiger partial charge in [-0.1, -0.05) is 74.4 Å². The molecule has 0 atom stereocenters. The molecule has 0 bridgehead atoms. The quantitative estimate of drug-likeness (QED) is 0.383. The average Bonchev–Trinajstić information content (AvgIpc) is 2.75. The Morgan fingerprint density at radius 2 is 1.50 bits per heavy atom. The first-order valence-corrected chi connectivity index (χ1v) is 11.2.